The molecule has 37 heavy (non-hydrogen) atoms. The number of carbonyl (C=O) groups is 1. The van der Waals surface area contributed by atoms with Crippen molar-refractivity contribution in [3.8, 4) is 5.06 Å². The number of H-pyrrole nitrogens is 1. The Morgan fingerprint density at radius 2 is 1.95 bits per heavy atom. The van der Waals surface area contributed by atoms with Gasteiger partial charge in [-0.15, -0.1) is 11.3 Å². The monoisotopic (exact) mass is 517 g/mol. The Kier molecular flexibility index (Phi) is 7.96. The summed E-state index contributed by atoms with van der Waals surface area (Å²) < 4.78 is 5.57. The molecule has 1 fully saturated rings. The number of amides is 1. The second-order valence-corrected chi connectivity index (χ2v) is 10.0. The van der Waals surface area contributed by atoms with E-state index in [1.165, 1.54) is 11.3 Å². The third kappa shape index (κ3) is 6.26. The van der Waals surface area contributed by atoms with Crippen LogP contribution in [0, 0.1) is 6.92 Å². The number of piperazine rings is 1. The van der Waals surface area contributed by atoms with Crippen LogP contribution in [0.5, 0.6) is 5.06 Å². The quantitative estimate of drug-likeness (QED) is 0.310. The van der Waals surface area contributed by atoms with Crippen LogP contribution in [0.2, 0.25) is 0 Å². The molecule has 0 atom stereocenters. The molecule has 0 spiro atoms. The van der Waals surface area contributed by atoms with E-state index in [2.05, 4.69) is 31.4 Å². The number of nitrogens with zero attached hydrogens (tertiary/aromatic N) is 3. The van der Waals surface area contributed by atoms with E-state index in [-0.39, 0.29) is 6.61 Å². The first-order chi connectivity index (χ1) is 18.1. The standard InChI is InChI=1S/C28H31N5O3S/c1-20-10-17-37-27(20)36-28(35)29-26-18-21(19-33-13-11-32(12-14-33)15-16-34)6-7-22(26)8-9-25-23-4-2-3-5-24(23)30-31-25/h2-10,17-18,34H,11-16,19H2,1H3,(H,29,35)(H,30,31)/b9-8+. The van der Waals surface area contributed by atoms with Gasteiger partial charge in [-0.25, -0.2) is 4.79 Å². The number of fused-ring (bicyclic) bond motifs is 1. The number of aromatic amines is 1. The smallest absolute Gasteiger partial charge is 0.399 e. The van der Waals surface area contributed by atoms with Crippen molar-refractivity contribution in [2.75, 3.05) is 44.6 Å². The van der Waals surface area contributed by atoms with Crippen LogP contribution in [0.25, 0.3) is 23.1 Å². The minimum atomic E-state index is -0.514. The zero-order valence-corrected chi connectivity index (χ0v) is 21.6. The van der Waals surface area contributed by atoms with E-state index in [0.29, 0.717) is 10.8 Å². The minimum absolute atomic E-state index is 0.194. The first-order valence-electron chi connectivity index (χ1n) is 12.4. The molecule has 1 amide bonds. The van der Waals surface area contributed by atoms with Crippen LogP contribution in [0.4, 0.5) is 10.5 Å². The molecule has 2 aromatic carbocycles. The number of hydrogen-bond acceptors (Lipinski definition) is 7. The molecule has 1 aliphatic rings. The molecule has 1 aliphatic heterocycles. The lowest BCUT2D eigenvalue weighted by molar-refractivity contribution is 0.108. The third-order valence-corrected chi connectivity index (χ3v) is 7.45. The average Bonchev–Trinajstić information content (AvgIpc) is 3.50. The van der Waals surface area contributed by atoms with Crippen LogP contribution >= 0.6 is 11.3 Å². The van der Waals surface area contributed by atoms with Crippen molar-refractivity contribution >= 4 is 46.2 Å². The molecule has 2 aromatic heterocycles. The Bertz CT molecular complexity index is 1390. The number of aliphatic hydroxyl groups is 1. The van der Waals surface area contributed by atoms with Crippen molar-refractivity contribution in [3.63, 3.8) is 0 Å². The number of ether oxygens (including phenoxy) is 1. The lowest BCUT2D eigenvalue weighted by Gasteiger charge is -2.34. The predicted molar refractivity (Wildman–Crippen MR) is 149 cm³/mol. The van der Waals surface area contributed by atoms with Gasteiger partial charge in [0.1, 0.15) is 0 Å². The number of thiophene rings is 1. The van der Waals surface area contributed by atoms with Crippen molar-refractivity contribution < 1.29 is 14.6 Å². The molecule has 0 aliphatic carbocycles. The molecule has 8 nitrogen and oxygen atoms in total. The summed E-state index contributed by atoms with van der Waals surface area (Å²) in [5.74, 6) is 0. The zero-order chi connectivity index (χ0) is 25.6. The normalized spacial score (nSPS) is 15.0. The summed E-state index contributed by atoms with van der Waals surface area (Å²) in [5.41, 5.74) is 5.41. The highest BCUT2D eigenvalue weighted by Crippen LogP contribution is 2.27. The van der Waals surface area contributed by atoms with Crippen LogP contribution in [-0.2, 0) is 6.54 Å². The number of anilines is 1. The highest BCUT2D eigenvalue weighted by molar-refractivity contribution is 7.12. The molecule has 0 saturated carbocycles. The summed E-state index contributed by atoms with van der Waals surface area (Å²) in [4.78, 5) is 17.5. The molecule has 3 N–H and O–H groups in total. The number of aliphatic hydroxyl groups excluding tert-OH is 1. The second-order valence-electron chi connectivity index (χ2n) is 9.16. The van der Waals surface area contributed by atoms with Gasteiger partial charge in [0.25, 0.3) is 0 Å². The van der Waals surface area contributed by atoms with E-state index < -0.39 is 6.09 Å². The van der Waals surface area contributed by atoms with E-state index >= 15 is 0 Å². The van der Waals surface area contributed by atoms with E-state index in [1.807, 2.05) is 66.9 Å². The first kappa shape index (κ1) is 25.2. The van der Waals surface area contributed by atoms with Crippen LogP contribution in [-0.4, -0.2) is 70.5 Å². The van der Waals surface area contributed by atoms with Gasteiger partial charge in [0.2, 0.25) is 0 Å². The number of carbonyl (C=O) groups excluding carboxylic acids is 1. The van der Waals surface area contributed by atoms with E-state index in [1.54, 1.807) is 0 Å². The van der Waals surface area contributed by atoms with E-state index in [0.717, 1.165) is 72.6 Å². The Labute approximate surface area is 220 Å². The minimum Gasteiger partial charge on any atom is -0.399 e. The Hall–Kier alpha value is -3.50. The fraction of sp³-hybridized carbons (Fsp3) is 0.286. The number of nitrogens with one attached hydrogen (secondary N) is 2. The third-order valence-electron chi connectivity index (χ3n) is 6.56. The van der Waals surface area contributed by atoms with Crippen molar-refractivity contribution in [3.05, 3.63) is 76.3 Å². The van der Waals surface area contributed by atoms with Crippen molar-refractivity contribution in [1.29, 1.82) is 0 Å². The molecular formula is C28H31N5O3S. The molecule has 3 heterocycles. The molecule has 0 radical (unpaired) electrons. The van der Waals surface area contributed by atoms with Gasteiger partial charge in [-0.1, -0.05) is 36.4 Å². The molecule has 4 aromatic rings. The van der Waals surface area contributed by atoms with Crippen LogP contribution in [0.15, 0.2) is 53.9 Å². The number of β-amino-alcohol motifs (C(OH)–C–C–N with tert-alkyl or cyclic N) is 1. The fourth-order valence-electron chi connectivity index (χ4n) is 4.49. The summed E-state index contributed by atoms with van der Waals surface area (Å²) in [6.45, 7) is 7.39. The van der Waals surface area contributed by atoms with Gasteiger partial charge in [-0.05, 0) is 47.7 Å². The number of aromatic nitrogens is 2. The molecule has 9 heteroatoms. The van der Waals surface area contributed by atoms with Crippen LogP contribution < -0.4 is 10.1 Å². The maximum Gasteiger partial charge on any atom is 0.417 e. The Morgan fingerprint density at radius 3 is 2.73 bits per heavy atom. The number of aryl methyl sites for hydroxylation is 1. The zero-order valence-electron chi connectivity index (χ0n) is 20.8. The Morgan fingerprint density at radius 1 is 1.14 bits per heavy atom. The molecule has 0 unspecified atom stereocenters. The summed E-state index contributed by atoms with van der Waals surface area (Å²) in [6.07, 6.45) is 3.40. The molecule has 1 saturated heterocycles. The van der Waals surface area contributed by atoms with E-state index in [4.69, 9.17) is 4.74 Å². The van der Waals surface area contributed by atoms with Gasteiger partial charge in [-0.2, -0.15) is 5.10 Å². The summed E-state index contributed by atoms with van der Waals surface area (Å²) in [5, 5.41) is 23.2. The Balaban J connectivity index is 1.35. The average molecular weight is 518 g/mol. The van der Waals surface area contributed by atoms with Crippen molar-refractivity contribution in [2.45, 2.75) is 13.5 Å². The second kappa shape index (κ2) is 11.7. The lowest BCUT2D eigenvalue weighted by Crippen LogP contribution is -2.46. The number of rotatable bonds is 8. The SMILES string of the molecule is Cc1ccsc1OC(=O)Nc1cc(CN2CCN(CCO)CC2)ccc1/C=C/c1n[nH]c2ccccc12. The summed E-state index contributed by atoms with van der Waals surface area (Å²) in [6, 6.07) is 16.1. The molecule has 5 rings (SSSR count). The van der Waals surface area contributed by atoms with Gasteiger partial charge in [0, 0.05) is 50.2 Å². The number of para-hydroxylation sites is 1. The maximum absolute atomic E-state index is 12.8. The predicted octanol–water partition coefficient (Wildman–Crippen LogP) is 4.82. The van der Waals surface area contributed by atoms with Crippen LogP contribution in [0.3, 0.4) is 0 Å². The van der Waals surface area contributed by atoms with Crippen LogP contribution in [0.1, 0.15) is 22.4 Å². The highest BCUT2D eigenvalue weighted by atomic mass is 32.1. The molecule has 0 bridgehead atoms. The number of hydrogen-bond donors (Lipinski definition) is 3. The van der Waals surface area contributed by atoms with E-state index in [9.17, 15) is 9.90 Å². The van der Waals surface area contributed by atoms with Gasteiger partial charge in [-0.3, -0.25) is 20.2 Å². The van der Waals surface area contributed by atoms with Crippen molar-refractivity contribution in [1.82, 2.24) is 20.0 Å². The van der Waals surface area contributed by atoms with Gasteiger partial charge in [0.05, 0.1) is 23.5 Å². The fourth-order valence-corrected chi connectivity index (χ4v) is 5.26. The van der Waals surface area contributed by atoms with Crippen molar-refractivity contribution in [2.24, 2.45) is 0 Å². The maximum atomic E-state index is 12.8. The summed E-state index contributed by atoms with van der Waals surface area (Å²) >= 11 is 1.40. The topological polar surface area (TPSA) is 93.7 Å². The lowest BCUT2D eigenvalue weighted by atomic mass is 10.1. The van der Waals surface area contributed by atoms with Gasteiger partial charge >= 0.3 is 6.09 Å². The highest BCUT2D eigenvalue weighted by Gasteiger charge is 2.17. The molecule has 192 valence electrons. The largest absolute Gasteiger partial charge is 0.417 e. The van der Waals surface area contributed by atoms with Gasteiger partial charge < -0.3 is 9.84 Å². The summed E-state index contributed by atoms with van der Waals surface area (Å²) in [7, 11) is 0. The van der Waals surface area contributed by atoms with Gasteiger partial charge in [0.15, 0.2) is 5.06 Å². The first-order valence-corrected chi connectivity index (χ1v) is 13.3. The molecular weight excluding hydrogens is 486 g/mol. The number of benzene rings is 2.